The van der Waals surface area contributed by atoms with Crippen LogP contribution in [0.5, 0.6) is 0 Å². The van der Waals surface area contributed by atoms with Crippen LogP contribution in [0.2, 0.25) is 0 Å². The summed E-state index contributed by atoms with van der Waals surface area (Å²) in [5, 5.41) is 3.36. The molecule has 96 valence electrons. The lowest BCUT2D eigenvalue weighted by atomic mass is 10.0. The van der Waals surface area contributed by atoms with Crippen LogP contribution in [0, 0.1) is 17.6 Å². The Morgan fingerprint density at radius 2 is 2.00 bits per heavy atom. The highest BCUT2D eigenvalue weighted by Gasteiger charge is 2.05. The van der Waals surface area contributed by atoms with Gasteiger partial charge >= 0.3 is 0 Å². The van der Waals surface area contributed by atoms with E-state index in [2.05, 4.69) is 19.2 Å². The molecule has 1 nitrogen and oxygen atoms in total. The Morgan fingerprint density at radius 1 is 1.24 bits per heavy atom. The molecule has 1 aromatic carbocycles. The first-order valence-electron chi connectivity index (χ1n) is 6.28. The van der Waals surface area contributed by atoms with Crippen molar-refractivity contribution in [1.29, 1.82) is 0 Å². The molecule has 1 unspecified atom stereocenters. The minimum absolute atomic E-state index is 0.551. The summed E-state index contributed by atoms with van der Waals surface area (Å²) >= 11 is 0. The summed E-state index contributed by atoms with van der Waals surface area (Å²) in [6, 6.07) is 4.15. The molecule has 1 N–H and O–H groups in total. The molecule has 0 radical (unpaired) electrons. The van der Waals surface area contributed by atoms with Crippen LogP contribution in [0.25, 0.3) is 0 Å². The lowest BCUT2D eigenvalue weighted by molar-refractivity contribution is 0.478. The van der Waals surface area contributed by atoms with Crippen molar-refractivity contribution >= 4 is 0 Å². The molecule has 0 amide bonds. The topological polar surface area (TPSA) is 12.0 Å². The zero-order valence-corrected chi connectivity index (χ0v) is 10.6. The monoisotopic (exact) mass is 241 g/mol. The van der Waals surface area contributed by atoms with E-state index in [1.807, 2.05) is 0 Å². The van der Waals surface area contributed by atoms with E-state index in [9.17, 15) is 8.78 Å². The Labute approximate surface area is 102 Å². The Balaban J connectivity index is 2.31. The summed E-state index contributed by atoms with van der Waals surface area (Å²) in [6.07, 6.45) is 2.92. The van der Waals surface area contributed by atoms with Crippen LogP contribution in [0.15, 0.2) is 18.2 Å². The second-order valence-electron chi connectivity index (χ2n) is 4.60. The average Bonchev–Trinajstić information content (AvgIpc) is 2.31. The first-order chi connectivity index (χ1) is 8.13. The van der Waals surface area contributed by atoms with Crippen LogP contribution < -0.4 is 5.32 Å². The third-order valence-electron chi connectivity index (χ3n) is 2.83. The predicted octanol–water partition coefficient (Wildman–Crippen LogP) is 3.53. The smallest absolute Gasteiger partial charge is 0.159 e. The summed E-state index contributed by atoms with van der Waals surface area (Å²) in [6.45, 7) is 6.33. The number of benzene rings is 1. The summed E-state index contributed by atoms with van der Waals surface area (Å²) in [5.74, 6) is -0.972. The van der Waals surface area contributed by atoms with Gasteiger partial charge in [0, 0.05) is 0 Å². The van der Waals surface area contributed by atoms with Crippen molar-refractivity contribution in [2.24, 2.45) is 5.92 Å². The van der Waals surface area contributed by atoms with Crippen molar-refractivity contribution in [2.45, 2.75) is 33.1 Å². The van der Waals surface area contributed by atoms with E-state index in [0.29, 0.717) is 5.92 Å². The first kappa shape index (κ1) is 14.1. The van der Waals surface area contributed by atoms with Gasteiger partial charge in [-0.2, -0.15) is 0 Å². The maximum Gasteiger partial charge on any atom is 0.159 e. The summed E-state index contributed by atoms with van der Waals surface area (Å²) < 4.78 is 25.7. The van der Waals surface area contributed by atoms with Gasteiger partial charge < -0.3 is 5.32 Å². The molecule has 1 rings (SSSR count). The van der Waals surface area contributed by atoms with Crippen molar-refractivity contribution in [3.05, 3.63) is 35.4 Å². The molecule has 0 heterocycles. The number of rotatable bonds is 7. The SMILES string of the molecule is CCCNCC(C)CCc1ccc(F)c(F)c1. The molecule has 0 spiro atoms. The van der Waals surface area contributed by atoms with Gasteiger partial charge in [0.1, 0.15) is 0 Å². The Bertz CT molecular complexity index is 339. The molecule has 0 fully saturated rings. The Hall–Kier alpha value is -0.960. The van der Waals surface area contributed by atoms with Gasteiger partial charge in [0.25, 0.3) is 0 Å². The quantitative estimate of drug-likeness (QED) is 0.720. The molecule has 17 heavy (non-hydrogen) atoms. The zero-order valence-electron chi connectivity index (χ0n) is 10.6. The van der Waals surface area contributed by atoms with Crippen LogP contribution in [-0.2, 0) is 6.42 Å². The van der Waals surface area contributed by atoms with E-state index in [1.165, 1.54) is 12.1 Å². The lowest BCUT2D eigenvalue weighted by Crippen LogP contribution is -2.22. The second kappa shape index (κ2) is 7.38. The number of nitrogens with one attached hydrogen (secondary N) is 1. The van der Waals surface area contributed by atoms with Crippen molar-refractivity contribution in [2.75, 3.05) is 13.1 Å². The van der Waals surface area contributed by atoms with Crippen molar-refractivity contribution in [3.8, 4) is 0 Å². The zero-order chi connectivity index (χ0) is 12.7. The largest absolute Gasteiger partial charge is 0.316 e. The van der Waals surface area contributed by atoms with Gasteiger partial charge in [0.2, 0.25) is 0 Å². The van der Waals surface area contributed by atoms with Gasteiger partial charge in [-0.25, -0.2) is 8.78 Å². The van der Waals surface area contributed by atoms with Crippen LogP contribution in [0.3, 0.4) is 0 Å². The minimum atomic E-state index is -0.772. The molecule has 0 saturated carbocycles. The number of aryl methyl sites for hydroxylation is 1. The third kappa shape index (κ3) is 5.26. The molecule has 0 aromatic heterocycles. The fourth-order valence-electron chi connectivity index (χ4n) is 1.74. The van der Waals surface area contributed by atoms with E-state index in [1.54, 1.807) is 6.07 Å². The molecule has 0 saturated heterocycles. The standard InChI is InChI=1S/C14H21F2N/c1-3-8-17-10-11(2)4-5-12-6-7-13(15)14(16)9-12/h6-7,9,11,17H,3-5,8,10H2,1-2H3. The average molecular weight is 241 g/mol. The maximum absolute atomic E-state index is 13.0. The highest BCUT2D eigenvalue weighted by molar-refractivity contribution is 5.17. The second-order valence-corrected chi connectivity index (χ2v) is 4.60. The molecule has 0 bridgehead atoms. The molecule has 0 aliphatic carbocycles. The highest BCUT2D eigenvalue weighted by Crippen LogP contribution is 2.13. The van der Waals surface area contributed by atoms with Gasteiger partial charge in [0.05, 0.1) is 0 Å². The van der Waals surface area contributed by atoms with Gasteiger partial charge in [-0.1, -0.05) is 19.9 Å². The number of halogens is 2. The van der Waals surface area contributed by atoms with Gasteiger partial charge in [0.15, 0.2) is 11.6 Å². The predicted molar refractivity (Wildman–Crippen MR) is 67.0 cm³/mol. The van der Waals surface area contributed by atoms with Crippen molar-refractivity contribution in [3.63, 3.8) is 0 Å². The van der Waals surface area contributed by atoms with Crippen molar-refractivity contribution < 1.29 is 8.78 Å². The molecule has 0 aliphatic heterocycles. The van der Waals surface area contributed by atoms with E-state index in [4.69, 9.17) is 0 Å². The normalized spacial score (nSPS) is 12.7. The van der Waals surface area contributed by atoms with Gasteiger partial charge in [-0.3, -0.25) is 0 Å². The minimum Gasteiger partial charge on any atom is -0.316 e. The van der Waals surface area contributed by atoms with E-state index < -0.39 is 11.6 Å². The molecular formula is C14H21F2N. The Kier molecular flexibility index (Phi) is 6.12. The first-order valence-corrected chi connectivity index (χ1v) is 6.28. The number of hydrogen-bond acceptors (Lipinski definition) is 1. The van der Waals surface area contributed by atoms with E-state index in [-0.39, 0.29) is 0 Å². The van der Waals surface area contributed by atoms with E-state index >= 15 is 0 Å². The highest BCUT2D eigenvalue weighted by atomic mass is 19.2. The Morgan fingerprint density at radius 3 is 2.65 bits per heavy atom. The van der Waals surface area contributed by atoms with Crippen LogP contribution in [0.4, 0.5) is 8.78 Å². The molecule has 3 heteroatoms. The summed E-state index contributed by atoms with van der Waals surface area (Å²) in [7, 11) is 0. The maximum atomic E-state index is 13.0. The van der Waals surface area contributed by atoms with Gasteiger partial charge in [-0.15, -0.1) is 0 Å². The molecular weight excluding hydrogens is 220 g/mol. The van der Waals surface area contributed by atoms with Gasteiger partial charge in [-0.05, 0) is 56.0 Å². The third-order valence-corrected chi connectivity index (χ3v) is 2.83. The molecule has 0 aliphatic rings. The van der Waals surface area contributed by atoms with Crippen LogP contribution in [0.1, 0.15) is 32.3 Å². The van der Waals surface area contributed by atoms with E-state index in [0.717, 1.165) is 37.9 Å². The molecule has 1 atom stereocenters. The fourth-order valence-corrected chi connectivity index (χ4v) is 1.74. The van der Waals surface area contributed by atoms with Crippen LogP contribution >= 0.6 is 0 Å². The molecule has 1 aromatic rings. The lowest BCUT2D eigenvalue weighted by Gasteiger charge is -2.12. The summed E-state index contributed by atoms with van der Waals surface area (Å²) in [5.41, 5.74) is 0.867. The van der Waals surface area contributed by atoms with Crippen LogP contribution in [-0.4, -0.2) is 13.1 Å². The van der Waals surface area contributed by atoms with Crippen molar-refractivity contribution in [1.82, 2.24) is 5.32 Å². The summed E-state index contributed by atoms with van der Waals surface area (Å²) in [4.78, 5) is 0. The fraction of sp³-hybridized carbons (Fsp3) is 0.571. The number of hydrogen-bond donors (Lipinski definition) is 1.